The van der Waals surface area contributed by atoms with Gasteiger partial charge in [-0.15, -0.1) is 0 Å². The first-order valence-electron chi connectivity index (χ1n) is 6.01. The van der Waals surface area contributed by atoms with Crippen molar-refractivity contribution in [1.82, 2.24) is 4.98 Å². The Kier molecular flexibility index (Phi) is 5.07. The number of anilines is 1. The maximum absolute atomic E-state index is 5.79. The van der Waals surface area contributed by atoms with Gasteiger partial charge >= 0.3 is 0 Å². The maximum atomic E-state index is 5.79. The molecule has 1 rings (SSSR count). The van der Waals surface area contributed by atoms with Crippen molar-refractivity contribution in [3.63, 3.8) is 0 Å². The Morgan fingerprint density at radius 3 is 2.24 bits per heavy atom. The van der Waals surface area contributed by atoms with Crippen LogP contribution in [0.4, 0.5) is 5.69 Å². The number of hydrogen-bond donors (Lipinski definition) is 1. The number of rotatable bonds is 6. The van der Waals surface area contributed by atoms with E-state index in [9.17, 15) is 0 Å². The summed E-state index contributed by atoms with van der Waals surface area (Å²) >= 11 is 0. The van der Waals surface area contributed by atoms with Gasteiger partial charge in [-0.2, -0.15) is 4.98 Å². The van der Waals surface area contributed by atoms with E-state index in [-0.39, 0.29) is 0 Å². The van der Waals surface area contributed by atoms with Gasteiger partial charge in [0.2, 0.25) is 11.8 Å². The average molecular weight is 238 g/mol. The third kappa shape index (κ3) is 4.93. The van der Waals surface area contributed by atoms with E-state index in [0.717, 1.165) is 0 Å². The van der Waals surface area contributed by atoms with Crippen molar-refractivity contribution in [2.45, 2.75) is 27.7 Å². The maximum Gasteiger partial charge on any atom is 0.240 e. The van der Waals surface area contributed by atoms with Gasteiger partial charge in [0.05, 0.1) is 18.9 Å². The van der Waals surface area contributed by atoms with Gasteiger partial charge < -0.3 is 15.2 Å². The standard InChI is InChI=1S/C13H22N2O2/c1-9(2)7-16-12-6-5-11(14)13(15-12)17-8-10(3)4/h5-6,9-10H,7-8,14H2,1-4H3. The highest BCUT2D eigenvalue weighted by Gasteiger charge is 2.07. The molecule has 0 aliphatic carbocycles. The first-order chi connectivity index (χ1) is 7.99. The van der Waals surface area contributed by atoms with Crippen molar-refractivity contribution in [1.29, 1.82) is 0 Å². The molecule has 17 heavy (non-hydrogen) atoms. The van der Waals surface area contributed by atoms with Gasteiger partial charge in [-0.1, -0.05) is 27.7 Å². The van der Waals surface area contributed by atoms with Crippen molar-refractivity contribution in [3.8, 4) is 11.8 Å². The molecule has 0 fully saturated rings. The van der Waals surface area contributed by atoms with Crippen molar-refractivity contribution in [2.75, 3.05) is 18.9 Å². The number of hydrogen-bond acceptors (Lipinski definition) is 4. The molecule has 0 aromatic carbocycles. The summed E-state index contributed by atoms with van der Waals surface area (Å²) in [5.74, 6) is 1.93. The monoisotopic (exact) mass is 238 g/mol. The molecule has 1 aromatic rings. The summed E-state index contributed by atoms with van der Waals surface area (Å²) in [5.41, 5.74) is 6.33. The molecule has 0 atom stereocenters. The van der Waals surface area contributed by atoms with Crippen LogP contribution < -0.4 is 15.2 Å². The molecule has 0 saturated heterocycles. The van der Waals surface area contributed by atoms with Crippen molar-refractivity contribution in [2.24, 2.45) is 11.8 Å². The summed E-state index contributed by atoms with van der Waals surface area (Å²) in [6.07, 6.45) is 0. The first-order valence-corrected chi connectivity index (χ1v) is 6.01. The molecule has 2 N–H and O–H groups in total. The van der Waals surface area contributed by atoms with Crippen molar-refractivity contribution >= 4 is 5.69 Å². The fourth-order valence-corrected chi connectivity index (χ4v) is 1.13. The summed E-state index contributed by atoms with van der Waals surface area (Å²) in [4.78, 5) is 4.25. The first kappa shape index (κ1) is 13.6. The average Bonchev–Trinajstić information content (AvgIpc) is 2.26. The van der Waals surface area contributed by atoms with E-state index < -0.39 is 0 Å². The summed E-state index contributed by atoms with van der Waals surface area (Å²) in [5, 5.41) is 0. The smallest absolute Gasteiger partial charge is 0.240 e. The lowest BCUT2D eigenvalue weighted by atomic mass is 10.2. The van der Waals surface area contributed by atoms with Crippen molar-refractivity contribution < 1.29 is 9.47 Å². The zero-order valence-corrected chi connectivity index (χ0v) is 11.1. The van der Waals surface area contributed by atoms with Crippen LogP contribution in [0.1, 0.15) is 27.7 Å². The molecule has 0 radical (unpaired) electrons. The number of nitrogens with two attached hydrogens (primary N) is 1. The summed E-state index contributed by atoms with van der Waals surface area (Å²) in [7, 11) is 0. The Hall–Kier alpha value is -1.45. The summed E-state index contributed by atoms with van der Waals surface area (Å²) < 4.78 is 11.1. The number of nitrogens with zero attached hydrogens (tertiary/aromatic N) is 1. The molecule has 4 heteroatoms. The fraction of sp³-hybridized carbons (Fsp3) is 0.615. The normalized spacial score (nSPS) is 10.9. The number of ether oxygens (including phenoxy) is 2. The molecule has 0 saturated carbocycles. The predicted octanol–water partition coefficient (Wildman–Crippen LogP) is 2.73. The van der Waals surface area contributed by atoms with E-state index in [1.807, 2.05) is 0 Å². The molecule has 0 aliphatic heterocycles. The van der Waals surface area contributed by atoms with E-state index in [1.54, 1.807) is 12.1 Å². The van der Waals surface area contributed by atoms with Gasteiger partial charge in [0, 0.05) is 6.07 Å². The van der Waals surface area contributed by atoms with Gasteiger partial charge in [-0.25, -0.2) is 0 Å². The third-order valence-corrected chi connectivity index (χ3v) is 1.98. The minimum absolute atomic E-state index is 0.441. The molecule has 4 nitrogen and oxygen atoms in total. The van der Waals surface area contributed by atoms with E-state index >= 15 is 0 Å². The van der Waals surface area contributed by atoms with Crippen LogP contribution in [0.5, 0.6) is 11.8 Å². The number of nitrogen functional groups attached to an aromatic ring is 1. The Morgan fingerprint density at radius 2 is 1.65 bits per heavy atom. The highest BCUT2D eigenvalue weighted by Crippen LogP contribution is 2.22. The van der Waals surface area contributed by atoms with E-state index in [0.29, 0.717) is 42.5 Å². The lowest BCUT2D eigenvalue weighted by molar-refractivity contribution is 0.241. The summed E-state index contributed by atoms with van der Waals surface area (Å²) in [6.45, 7) is 9.58. The zero-order valence-electron chi connectivity index (χ0n) is 11.1. The molecule has 1 heterocycles. The molecule has 1 aromatic heterocycles. The largest absolute Gasteiger partial charge is 0.477 e. The van der Waals surface area contributed by atoms with Crippen molar-refractivity contribution in [3.05, 3.63) is 12.1 Å². The Labute approximate surface area is 103 Å². The second-order valence-electron chi connectivity index (χ2n) is 4.95. The number of aromatic nitrogens is 1. The lowest BCUT2D eigenvalue weighted by Crippen LogP contribution is -2.09. The van der Waals surface area contributed by atoms with Crippen LogP contribution in [0.2, 0.25) is 0 Å². The molecular weight excluding hydrogens is 216 g/mol. The Morgan fingerprint density at radius 1 is 1.06 bits per heavy atom. The Bertz CT molecular complexity index is 351. The highest BCUT2D eigenvalue weighted by atomic mass is 16.5. The molecule has 0 spiro atoms. The van der Waals surface area contributed by atoms with E-state index in [2.05, 4.69) is 32.7 Å². The van der Waals surface area contributed by atoms with E-state index in [4.69, 9.17) is 15.2 Å². The molecule has 0 unspecified atom stereocenters. The van der Waals surface area contributed by atoms with E-state index in [1.165, 1.54) is 0 Å². The van der Waals surface area contributed by atoms with Crippen LogP contribution in [0.3, 0.4) is 0 Å². The van der Waals surface area contributed by atoms with Crippen LogP contribution in [0, 0.1) is 11.8 Å². The van der Waals surface area contributed by atoms with Crippen LogP contribution in [0.25, 0.3) is 0 Å². The topological polar surface area (TPSA) is 57.4 Å². The second-order valence-corrected chi connectivity index (χ2v) is 4.95. The van der Waals surface area contributed by atoms with Gasteiger partial charge in [-0.05, 0) is 17.9 Å². The highest BCUT2D eigenvalue weighted by molar-refractivity contribution is 5.49. The molecular formula is C13H22N2O2. The lowest BCUT2D eigenvalue weighted by Gasteiger charge is -2.12. The predicted molar refractivity (Wildman–Crippen MR) is 69.3 cm³/mol. The van der Waals surface area contributed by atoms with Gasteiger partial charge in [-0.3, -0.25) is 0 Å². The minimum atomic E-state index is 0.441. The Balaban J connectivity index is 2.65. The molecule has 96 valence electrons. The molecule has 0 aliphatic rings. The van der Waals surface area contributed by atoms with Crippen LogP contribution in [-0.4, -0.2) is 18.2 Å². The second kappa shape index (κ2) is 6.33. The molecule has 0 bridgehead atoms. The SMILES string of the molecule is CC(C)COc1ccc(N)c(OCC(C)C)n1. The quantitative estimate of drug-likeness (QED) is 0.828. The van der Waals surface area contributed by atoms with Gasteiger partial charge in [0.1, 0.15) is 0 Å². The van der Waals surface area contributed by atoms with Crippen LogP contribution >= 0.6 is 0 Å². The minimum Gasteiger partial charge on any atom is -0.477 e. The zero-order chi connectivity index (χ0) is 12.8. The fourth-order valence-electron chi connectivity index (χ4n) is 1.13. The van der Waals surface area contributed by atoms with Crippen LogP contribution in [-0.2, 0) is 0 Å². The van der Waals surface area contributed by atoms with Gasteiger partial charge in [0.25, 0.3) is 0 Å². The summed E-state index contributed by atoms with van der Waals surface area (Å²) in [6, 6.07) is 3.53. The molecule has 0 amide bonds. The van der Waals surface area contributed by atoms with Gasteiger partial charge in [0.15, 0.2) is 0 Å². The third-order valence-electron chi connectivity index (χ3n) is 1.98. The number of pyridine rings is 1. The van der Waals surface area contributed by atoms with Crippen LogP contribution in [0.15, 0.2) is 12.1 Å².